The Morgan fingerprint density at radius 1 is 1.19 bits per heavy atom. The molecule has 0 aliphatic rings. The summed E-state index contributed by atoms with van der Waals surface area (Å²) in [7, 11) is 5.88. The van der Waals surface area contributed by atoms with E-state index in [-0.39, 0.29) is 11.7 Å². The zero-order valence-corrected chi connectivity index (χ0v) is 16.4. The van der Waals surface area contributed by atoms with Crippen molar-refractivity contribution in [3.05, 3.63) is 54.4 Å². The maximum absolute atomic E-state index is 12.1. The van der Waals surface area contributed by atoms with Crippen LogP contribution in [0.5, 0.6) is 0 Å². The number of aromatic nitrogens is 4. The highest BCUT2D eigenvalue weighted by atomic mass is 32.2. The Kier molecular flexibility index (Phi) is 6.08. The number of amides is 1. The molecule has 7 nitrogen and oxygen atoms in total. The van der Waals surface area contributed by atoms with Gasteiger partial charge < -0.3 is 14.8 Å². The fourth-order valence-electron chi connectivity index (χ4n) is 2.48. The summed E-state index contributed by atoms with van der Waals surface area (Å²) in [5.74, 6) is 0.976. The van der Waals surface area contributed by atoms with Crippen molar-refractivity contribution >= 4 is 23.4 Å². The second-order valence-electron chi connectivity index (χ2n) is 6.23. The summed E-state index contributed by atoms with van der Waals surface area (Å²) in [6.07, 6.45) is 3.46. The predicted molar refractivity (Wildman–Crippen MR) is 108 cm³/mol. The number of rotatable bonds is 7. The first-order valence-corrected chi connectivity index (χ1v) is 9.48. The van der Waals surface area contributed by atoms with Gasteiger partial charge in [0.05, 0.1) is 5.75 Å². The second kappa shape index (κ2) is 8.68. The van der Waals surface area contributed by atoms with E-state index < -0.39 is 0 Å². The molecule has 1 amide bonds. The summed E-state index contributed by atoms with van der Waals surface area (Å²) < 4.78 is 1.87. The van der Waals surface area contributed by atoms with Crippen LogP contribution in [0.15, 0.2) is 53.9 Å². The lowest BCUT2D eigenvalue weighted by molar-refractivity contribution is -0.118. The van der Waals surface area contributed by atoms with Gasteiger partial charge in [0, 0.05) is 51.3 Å². The van der Waals surface area contributed by atoms with Crippen molar-refractivity contribution in [2.45, 2.75) is 11.7 Å². The van der Waals surface area contributed by atoms with Crippen LogP contribution < -0.4 is 10.2 Å². The van der Waals surface area contributed by atoms with Crippen molar-refractivity contribution in [2.24, 2.45) is 7.05 Å². The van der Waals surface area contributed by atoms with Crippen LogP contribution in [0.2, 0.25) is 0 Å². The summed E-state index contributed by atoms with van der Waals surface area (Å²) in [6.45, 7) is 0.507. The summed E-state index contributed by atoms with van der Waals surface area (Å²) in [5, 5.41) is 12.0. The molecule has 0 bridgehead atoms. The molecule has 0 fully saturated rings. The zero-order chi connectivity index (χ0) is 19.2. The van der Waals surface area contributed by atoms with Crippen LogP contribution in [0.3, 0.4) is 0 Å². The van der Waals surface area contributed by atoms with Crippen LogP contribution in [-0.2, 0) is 18.4 Å². The molecule has 0 aliphatic carbocycles. The third-order valence-electron chi connectivity index (χ3n) is 4.03. The number of nitrogens with one attached hydrogen (secondary N) is 1. The average molecular weight is 382 g/mol. The molecule has 3 rings (SSSR count). The number of hydrogen-bond donors (Lipinski definition) is 1. The van der Waals surface area contributed by atoms with Crippen molar-refractivity contribution in [1.82, 2.24) is 25.1 Å². The molecule has 0 spiro atoms. The van der Waals surface area contributed by atoms with E-state index in [2.05, 4.69) is 20.5 Å². The fraction of sp³-hybridized carbons (Fsp3) is 0.263. The average Bonchev–Trinajstić information content (AvgIpc) is 3.06. The highest BCUT2D eigenvalue weighted by Gasteiger charge is 2.13. The molecule has 140 valence electrons. The van der Waals surface area contributed by atoms with Gasteiger partial charge in [0.15, 0.2) is 11.0 Å². The van der Waals surface area contributed by atoms with Gasteiger partial charge in [0.2, 0.25) is 5.91 Å². The van der Waals surface area contributed by atoms with Crippen LogP contribution in [0.4, 0.5) is 5.69 Å². The first kappa shape index (κ1) is 18.9. The minimum Gasteiger partial charge on any atom is -0.378 e. The summed E-state index contributed by atoms with van der Waals surface area (Å²) in [4.78, 5) is 18.3. The molecule has 2 aromatic heterocycles. The van der Waals surface area contributed by atoms with Gasteiger partial charge in [-0.3, -0.25) is 9.78 Å². The molecule has 1 aromatic carbocycles. The summed E-state index contributed by atoms with van der Waals surface area (Å²) in [6, 6.07) is 11.9. The third-order valence-corrected chi connectivity index (χ3v) is 5.05. The molecular formula is C19H22N6OS. The van der Waals surface area contributed by atoms with Gasteiger partial charge in [0.25, 0.3) is 0 Å². The van der Waals surface area contributed by atoms with Crippen LogP contribution in [-0.4, -0.2) is 45.5 Å². The van der Waals surface area contributed by atoms with E-state index >= 15 is 0 Å². The van der Waals surface area contributed by atoms with Crippen molar-refractivity contribution in [3.8, 4) is 11.4 Å². The van der Waals surface area contributed by atoms with Gasteiger partial charge in [-0.2, -0.15) is 0 Å². The SMILES string of the molecule is CN(C)c1ccc(CNC(=O)CSc2nnc(-c3cccnc3)n2C)cc1. The standard InChI is InChI=1S/C19H22N6OS/c1-24(2)16-8-6-14(7-9-16)11-21-17(26)13-27-19-23-22-18(25(19)3)15-5-4-10-20-12-15/h4-10,12H,11,13H2,1-3H3,(H,21,26). The van der Waals surface area contributed by atoms with Gasteiger partial charge in [-0.25, -0.2) is 0 Å². The molecule has 27 heavy (non-hydrogen) atoms. The minimum atomic E-state index is -0.0392. The number of pyridine rings is 1. The van der Waals surface area contributed by atoms with Crippen LogP contribution in [0.25, 0.3) is 11.4 Å². The lowest BCUT2D eigenvalue weighted by Crippen LogP contribution is -2.24. The van der Waals surface area contributed by atoms with Crippen molar-refractivity contribution < 1.29 is 4.79 Å². The fourth-order valence-corrected chi connectivity index (χ4v) is 3.22. The highest BCUT2D eigenvalue weighted by molar-refractivity contribution is 7.99. The molecule has 0 aliphatic heterocycles. The number of nitrogens with zero attached hydrogens (tertiary/aromatic N) is 5. The molecule has 8 heteroatoms. The molecule has 0 unspecified atom stereocenters. The molecule has 0 atom stereocenters. The topological polar surface area (TPSA) is 75.9 Å². The van der Waals surface area contributed by atoms with E-state index in [0.717, 1.165) is 22.6 Å². The normalized spacial score (nSPS) is 10.6. The van der Waals surface area contributed by atoms with Gasteiger partial charge in [-0.05, 0) is 29.8 Å². The zero-order valence-electron chi connectivity index (χ0n) is 15.6. The number of benzene rings is 1. The highest BCUT2D eigenvalue weighted by Crippen LogP contribution is 2.21. The van der Waals surface area contributed by atoms with Crippen molar-refractivity contribution in [3.63, 3.8) is 0 Å². The molecule has 0 saturated carbocycles. The van der Waals surface area contributed by atoms with Gasteiger partial charge >= 0.3 is 0 Å². The summed E-state index contributed by atoms with van der Waals surface area (Å²) >= 11 is 1.36. The van der Waals surface area contributed by atoms with Crippen LogP contribution >= 0.6 is 11.8 Å². The Hall–Kier alpha value is -2.87. The Balaban J connectivity index is 1.51. The van der Waals surface area contributed by atoms with E-state index in [0.29, 0.717) is 11.7 Å². The van der Waals surface area contributed by atoms with Gasteiger partial charge in [-0.15, -0.1) is 10.2 Å². The Morgan fingerprint density at radius 3 is 2.63 bits per heavy atom. The molecule has 0 saturated heterocycles. The second-order valence-corrected chi connectivity index (χ2v) is 7.18. The van der Waals surface area contributed by atoms with E-state index in [1.807, 2.05) is 67.0 Å². The first-order valence-electron chi connectivity index (χ1n) is 8.50. The van der Waals surface area contributed by atoms with Crippen molar-refractivity contribution in [1.29, 1.82) is 0 Å². The van der Waals surface area contributed by atoms with E-state index in [4.69, 9.17) is 0 Å². The number of anilines is 1. The molecule has 1 N–H and O–H groups in total. The number of carbonyl (C=O) groups excluding carboxylic acids is 1. The van der Waals surface area contributed by atoms with E-state index in [9.17, 15) is 4.79 Å². The van der Waals surface area contributed by atoms with Gasteiger partial charge in [-0.1, -0.05) is 23.9 Å². The van der Waals surface area contributed by atoms with Crippen molar-refractivity contribution in [2.75, 3.05) is 24.7 Å². The monoisotopic (exact) mass is 382 g/mol. The summed E-state index contributed by atoms with van der Waals surface area (Å²) in [5.41, 5.74) is 3.09. The maximum atomic E-state index is 12.1. The largest absolute Gasteiger partial charge is 0.378 e. The smallest absolute Gasteiger partial charge is 0.230 e. The molecule has 2 heterocycles. The quantitative estimate of drug-likeness (QED) is 0.632. The van der Waals surface area contributed by atoms with E-state index in [1.54, 1.807) is 12.4 Å². The number of hydrogen-bond acceptors (Lipinski definition) is 6. The minimum absolute atomic E-state index is 0.0392. The third kappa shape index (κ3) is 4.85. The predicted octanol–water partition coefficient (Wildman–Crippen LogP) is 2.35. The maximum Gasteiger partial charge on any atom is 0.230 e. The lowest BCUT2D eigenvalue weighted by atomic mass is 10.2. The molecule has 3 aromatic rings. The number of carbonyl (C=O) groups is 1. The Labute approximate surface area is 162 Å². The van der Waals surface area contributed by atoms with Crippen LogP contribution in [0.1, 0.15) is 5.56 Å². The van der Waals surface area contributed by atoms with Gasteiger partial charge in [0.1, 0.15) is 0 Å². The van der Waals surface area contributed by atoms with Crippen LogP contribution in [0, 0.1) is 0 Å². The first-order chi connectivity index (χ1) is 13.0. The molecule has 0 radical (unpaired) electrons. The number of thioether (sulfide) groups is 1. The van der Waals surface area contributed by atoms with E-state index in [1.165, 1.54) is 11.8 Å². The molecular weight excluding hydrogens is 360 g/mol. The lowest BCUT2D eigenvalue weighted by Gasteiger charge is -2.12. The Morgan fingerprint density at radius 2 is 1.96 bits per heavy atom. The Bertz CT molecular complexity index is 892.